The SMILES string of the molecule is COc1cc(-c2ccc(Cl)c(F)c2NC(=O)N=S(N)(=O)c2cnn3c2OCCC3)ccn1. The number of urea groups is 1. The van der Waals surface area contributed by atoms with E-state index in [1.54, 1.807) is 12.1 Å². The van der Waals surface area contributed by atoms with Gasteiger partial charge in [-0.15, -0.1) is 4.36 Å². The van der Waals surface area contributed by atoms with Crippen LogP contribution in [0.15, 0.2) is 45.9 Å². The van der Waals surface area contributed by atoms with E-state index in [1.165, 1.54) is 36.3 Å². The summed E-state index contributed by atoms with van der Waals surface area (Å²) >= 11 is 5.91. The number of halogens is 2. The largest absolute Gasteiger partial charge is 0.481 e. The molecule has 10 nitrogen and oxygen atoms in total. The molecule has 4 rings (SSSR count). The normalized spacial score (nSPS) is 14.6. The molecule has 0 saturated carbocycles. The maximum absolute atomic E-state index is 14.9. The van der Waals surface area contributed by atoms with Gasteiger partial charge in [-0.25, -0.2) is 28.2 Å². The van der Waals surface area contributed by atoms with Gasteiger partial charge >= 0.3 is 6.03 Å². The van der Waals surface area contributed by atoms with Crippen molar-refractivity contribution in [1.29, 1.82) is 0 Å². The number of ether oxygens (including phenoxy) is 2. The fraction of sp³-hybridized carbons (Fsp3) is 0.211. The Morgan fingerprint density at radius 2 is 2.25 bits per heavy atom. The fourth-order valence-electron chi connectivity index (χ4n) is 3.15. The van der Waals surface area contributed by atoms with Crippen LogP contribution in [0.3, 0.4) is 0 Å². The highest BCUT2D eigenvalue weighted by atomic mass is 35.5. The third-order valence-corrected chi connectivity index (χ3v) is 6.27. The standard InChI is InChI=1S/C19H18ClFN6O4S/c1-30-15-9-11(5-6-23-15)12-3-4-13(20)16(21)17(12)25-19(28)26-32(22,29)14-10-24-27-7-2-8-31-18(14)27/h3-6,9-10H,2,7-8H2,1H3,(H3,22,25,26,28,29). The molecule has 0 saturated heterocycles. The van der Waals surface area contributed by atoms with E-state index in [-0.39, 0.29) is 32.9 Å². The number of methoxy groups -OCH3 is 1. The molecule has 1 unspecified atom stereocenters. The fourth-order valence-corrected chi connectivity index (χ4v) is 4.31. The number of aromatic nitrogens is 3. The van der Waals surface area contributed by atoms with E-state index in [1.807, 2.05) is 0 Å². The zero-order chi connectivity index (χ0) is 22.9. The molecule has 0 aliphatic carbocycles. The van der Waals surface area contributed by atoms with E-state index in [2.05, 4.69) is 19.8 Å². The minimum absolute atomic E-state index is 0.0157. The predicted octanol–water partition coefficient (Wildman–Crippen LogP) is 3.46. The average molecular weight is 481 g/mol. The first kappa shape index (κ1) is 22.0. The van der Waals surface area contributed by atoms with Crippen molar-refractivity contribution in [2.45, 2.75) is 17.9 Å². The van der Waals surface area contributed by atoms with Crippen LogP contribution >= 0.6 is 11.6 Å². The van der Waals surface area contributed by atoms with Crippen LogP contribution in [0, 0.1) is 5.82 Å². The molecule has 1 aliphatic heterocycles. The first-order valence-corrected chi connectivity index (χ1v) is 11.3. The number of rotatable bonds is 4. The summed E-state index contributed by atoms with van der Waals surface area (Å²) in [6.07, 6.45) is 3.44. The molecule has 2 aromatic heterocycles. The summed E-state index contributed by atoms with van der Waals surface area (Å²) in [5, 5.41) is 12.0. The highest BCUT2D eigenvalue weighted by Crippen LogP contribution is 2.35. The minimum Gasteiger partial charge on any atom is -0.481 e. The van der Waals surface area contributed by atoms with Crippen LogP contribution in [0.5, 0.6) is 11.8 Å². The first-order valence-electron chi connectivity index (χ1n) is 9.33. The molecule has 0 spiro atoms. The molecule has 1 atom stereocenters. The monoisotopic (exact) mass is 480 g/mol. The second-order valence-electron chi connectivity index (χ2n) is 6.70. The summed E-state index contributed by atoms with van der Waals surface area (Å²) in [6.45, 7) is 0.955. The Bertz CT molecular complexity index is 1320. The number of amides is 2. The lowest BCUT2D eigenvalue weighted by atomic mass is 10.0. The van der Waals surface area contributed by atoms with E-state index < -0.39 is 21.8 Å². The molecule has 1 aromatic carbocycles. The topological polar surface area (TPSA) is 134 Å². The molecule has 32 heavy (non-hydrogen) atoms. The lowest BCUT2D eigenvalue weighted by molar-refractivity contribution is 0.224. The van der Waals surface area contributed by atoms with Crippen molar-refractivity contribution in [1.82, 2.24) is 14.8 Å². The number of aryl methyl sites for hydroxylation is 1. The molecule has 3 heterocycles. The van der Waals surface area contributed by atoms with Gasteiger partial charge in [-0.05, 0) is 17.7 Å². The van der Waals surface area contributed by atoms with Crippen molar-refractivity contribution >= 4 is 33.2 Å². The number of nitrogens with zero attached hydrogens (tertiary/aromatic N) is 4. The molecule has 3 N–H and O–H groups in total. The summed E-state index contributed by atoms with van der Waals surface area (Å²) in [4.78, 5) is 16.6. The lowest BCUT2D eigenvalue weighted by Crippen LogP contribution is -2.21. The molecule has 13 heteroatoms. The Balaban J connectivity index is 1.71. The Labute approximate surface area is 187 Å². The van der Waals surface area contributed by atoms with Gasteiger partial charge in [-0.1, -0.05) is 17.7 Å². The maximum Gasteiger partial charge on any atom is 0.354 e. The molecule has 1 aliphatic rings. The number of nitrogens with one attached hydrogen (secondary N) is 1. The number of hydrogen-bond acceptors (Lipinski definition) is 6. The van der Waals surface area contributed by atoms with Crippen LogP contribution in [0.1, 0.15) is 6.42 Å². The molecule has 2 amide bonds. The number of hydrogen-bond donors (Lipinski definition) is 2. The van der Waals surface area contributed by atoms with Gasteiger partial charge in [0.1, 0.15) is 4.90 Å². The van der Waals surface area contributed by atoms with Crippen molar-refractivity contribution < 1.29 is 22.9 Å². The van der Waals surface area contributed by atoms with Gasteiger partial charge in [-0.2, -0.15) is 5.10 Å². The van der Waals surface area contributed by atoms with Crippen LogP contribution in [0.2, 0.25) is 5.02 Å². The van der Waals surface area contributed by atoms with Crippen molar-refractivity contribution in [2.75, 3.05) is 19.0 Å². The van der Waals surface area contributed by atoms with E-state index in [4.69, 9.17) is 26.2 Å². The average Bonchev–Trinajstić information content (AvgIpc) is 3.22. The summed E-state index contributed by atoms with van der Waals surface area (Å²) in [5.74, 6) is -0.409. The summed E-state index contributed by atoms with van der Waals surface area (Å²) in [6, 6.07) is 4.88. The van der Waals surface area contributed by atoms with Gasteiger partial charge in [0.05, 0.1) is 30.6 Å². The van der Waals surface area contributed by atoms with Gasteiger partial charge in [0.15, 0.2) is 15.7 Å². The third-order valence-electron chi connectivity index (χ3n) is 4.63. The summed E-state index contributed by atoms with van der Waals surface area (Å²) < 4.78 is 43.5. The molecular weight excluding hydrogens is 463 g/mol. The molecule has 0 fully saturated rings. The number of carbonyl (C=O) groups excluding carboxylic acids is 1. The van der Waals surface area contributed by atoms with Crippen LogP contribution in [-0.2, 0) is 16.5 Å². The van der Waals surface area contributed by atoms with Crippen LogP contribution in [-0.4, -0.2) is 38.7 Å². The number of benzene rings is 1. The smallest absolute Gasteiger partial charge is 0.354 e. The van der Waals surface area contributed by atoms with E-state index >= 15 is 0 Å². The van der Waals surface area contributed by atoms with Crippen LogP contribution in [0.4, 0.5) is 14.9 Å². The number of fused-ring (bicyclic) bond motifs is 1. The van der Waals surface area contributed by atoms with Gasteiger partial charge in [0, 0.05) is 30.8 Å². The second-order valence-corrected chi connectivity index (χ2v) is 8.87. The second kappa shape index (κ2) is 8.73. The van der Waals surface area contributed by atoms with E-state index in [0.29, 0.717) is 18.7 Å². The van der Waals surface area contributed by atoms with Gasteiger partial charge in [-0.3, -0.25) is 0 Å². The Morgan fingerprint density at radius 1 is 1.44 bits per heavy atom. The molecule has 0 bridgehead atoms. The first-order chi connectivity index (χ1) is 15.3. The van der Waals surface area contributed by atoms with Crippen molar-refractivity contribution in [3.8, 4) is 22.9 Å². The van der Waals surface area contributed by atoms with Crippen molar-refractivity contribution in [2.24, 2.45) is 9.50 Å². The number of carbonyl (C=O) groups is 1. The van der Waals surface area contributed by atoms with Crippen LogP contribution in [0.25, 0.3) is 11.1 Å². The van der Waals surface area contributed by atoms with Crippen LogP contribution < -0.4 is 19.9 Å². The number of pyridine rings is 1. The summed E-state index contributed by atoms with van der Waals surface area (Å²) in [7, 11) is -2.28. The van der Waals surface area contributed by atoms with Crippen molar-refractivity contribution in [3.63, 3.8) is 0 Å². The van der Waals surface area contributed by atoms with Gasteiger partial charge in [0.2, 0.25) is 11.8 Å². The zero-order valence-electron chi connectivity index (χ0n) is 16.7. The number of anilines is 1. The maximum atomic E-state index is 14.9. The Morgan fingerprint density at radius 3 is 3.03 bits per heavy atom. The van der Waals surface area contributed by atoms with Gasteiger partial charge in [0.25, 0.3) is 0 Å². The summed E-state index contributed by atoms with van der Waals surface area (Å²) in [5.41, 5.74) is 0.518. The Kier molecular flexibility index (Phi) is 6.00. The molecular formula is C19H18ClFN6O4S. The quantitative estimate of drug-likeness (QED) is 0.587. The van der Waals surface area contributed by atoms with Gasteiger partial charge < -0.3 is 14.8 Å². The van der Waals surface area contributed by atoms with E-state index in [9.17, 15) is 13.4 Å². The molecule has 3 aromatic rings. The van der Waals surface area contributed by atoms with Crippen molar-refractivity contribution in [3.05, 3.63) is 47.5 Å². The highest BCUT2D eigenvalue weighted by Gasteiger charge is 2.24. The molecule has 0 radical (unpaired) electrons. The zero-order valence-corrected chi connectivity index (χ0v) is 18.3. The molecule has 168 valence electrons. The lowest BCUT2D eigenvalue weighted by Gasteiger charge is -2.16. The third kappa shape index (κ3) is 4.24. The minimum atomic E-state index is -3.72. The van der Waals surface area contributed by atoms with E-state index in [0.717, 1.165) is 6.42 Å². The Hall–Kier alpha value is -3.22. The number of nitrogens with two attached hydrogens (primary N) is 1. The predicted molar refractivity (Wildman–Crippen MR) is 116 cm³/mol. The highest BCUT2D eigenvalue weighted by molar-refractivity contribution is 7.91.